The summed E-state index contributed by atoms with van der Waals surface area (Å²) in [5.74, 6) is -0.362. The molecule has 0 radical (unpaired) electrons. The second-order valence-corrected chi connectivity index (χ2v) is 5.30. The van der Waals surface area contributed by atoms with Gasteiger partial charge in [-0.2, -0.15) is 0 Å². The molecular weight excluding hydrogens is 292 g/mol. The van der Waals surface area contributed by atoms with Crippen LogP contribution in [0.15, 0.2) is 24.5 Å². The van der Waals surface area contributed by atoms with Crippen molar-refractivity contribution < 1.29 is 9.36 Å². The van der Waals surface area contributed by atoms with E-state index in [2.05, 4.69) is 15.9 Å². The molecule has 0 aliphatic heterocycles. The molecule has 1 rings (SSSR count). The van der Waals surface area contributed by atoms with Crippen molar-refractivity contribution in [2.75, 3.05) is 5.33 Å². The second kappa shape index (κ2) is 9.09. The quantitative estimate of drug-likeness (QED) is 0.425. The first kappa shape index (κ1) is 15.2. The van der Waals surface area contributed by atoms with Crippen molar-refractivity contribution in [3.05, 3.63) is 30.1 Å². The van der Waals surface area contributed by atoms with Gasteiger partial charge in [-0.25, -0.2) is 4.57 Å². The van der Waals surface area contributed by atoms with Gasteiger partial charge in [-0.05, 0) is 18.9 Å². The fraction of sp³-hybridized carbons (Fsp3) is 0.571. The molecule has 0 aliphatic rings. The Morgan fingerprint density at radius 2 is 1.83 bits per heavy atom. The smallest absolute Gasteiger partial charge is 0.254 e. The van der Waals surface area contributed by atoms with Crippen LogP contribution in [0.1, 0.15) is 48.9 Å². The molecule has 0 atom stereocenters. The van der Waals surface area contributed by atoms with E-state index in [1.54, 1.807) is 6.07 Å². The summed E-state index contributed by atoms with van der Waals surface area (Å²) in [6.45, 7) is 0.958. The number of carbonyl (C=O) groups excluding carboxylic acids is 1. The van der Waals surface area contributed by atoms with Gasteiger partial charge in [-0.15, -0.1) is 0 Å². The minimum absolute atomic E-state index is 0.362. The lowest BCUT2D eigenvalue weighted by atomic mass is 10.1. The van der Waals surface area contributed by atoms with Gasteiger partial charge in [0, 0.05) is 17.8 Å². The van der Waals surface area contributed by atoms with E-state index in [1.165, 1.54) is 32.1 Å². The zero-order valence-electron chi connectivity index (χ0n) is 10.8. The van der Waals surface area contributed by atoms with Crippen LogP contribution >= 0.6 is 15.9 Å². The third-order valence-electron chi connectivity index (χ3n) is 2.94. The SMILES string of the molecule is NC(=O)c1ccc[n+](CCCCCCCCBr)c1. The fourth-order valence-electron chi connectivity index (χ4n) is 1.90. The van der Waals surface area contributed by atoms with Crippen molar-refractivity contribution in [2.45, 2.75) is 45.1 Å². The number of halogens is 1. The van der Waals surface area contributed by atoms with E-state index in [4.69, 9.17) is 5.73 Å². The number of aryl methyl sites for hydroxylation is 1. The van der Waals surface area contributed by atoms with Crippen molar-refractivity contribution >= 4 is 21.8 Å². The zero-order valence-corrected chi connectivity index (χ0v) is 12.4. The van der Waals surface area contributed by atoms with Crippen LogP contribution in [0.2, 0.25) is 0 Å². The number of aromatic nitrogens is 1. The predicted octanol–water partition coefficient (Wildman–Crippen LogP) is 2.81. The monoisotopic (exact) mass is 313 g/mol. The van der Waals surface area contributed by atoms with Gasteiger partial charge in [0.1, 0.15) is 12.1 Å². The molecule has 1 aromatic heterocycles. The molecule has 0 aromatic carbocycles. The van der Waals surface area contributed by atoms with E-state index >= 15 is 0 Å². The summed E-state index contributed by atoms with van der Waals surface area (Å²) in [6, 6.07) is 3.62. The number of carbonyl (C=O) groups is 1. The number of hydrogen-bond acceptors (Lipinski definition) is 1. The Kier molecular flexibility index (Phi) is 7.65. The van der Waals surface area contributed by atoms with Crippen LogP contribution in [-0.4, -0.2) is 11.2 Å². The number of pyridine rings is 1. The lowest BCUT2D eigenvalue weighted by molar-refractivity contribution is -0.697. The molecule has 0 unspecified atom stereocenters. The van der Waals surface area contributed by atoms with Crippen LogP contribution in [0.5, 0.6) is 0 Å². The summed E-state index contributed by atoms with van der Waals surface area (Å²) in [4.78, 5) is 11.0. The van der Waals surface area contributed by atoms with Crippen LogP contribution in [0.4, 0.5) is 0 Å². The van der Waals surface area contributed by atoms with Gasteiger partial charge < -0.3 is 5.73 Å². The minimum atomic E-state index is -0.362. The summed E-state index contributed by atoms with van der Waals surface area (Å²) in [7, 11) is 0. The highest BCUT2D eigenvalue weighted by atomic mass is 79.9. The molecule has 3 nitrogen and oxygen atoms in total. The Balaban J connectivity index is 2.19. The maximum Gasteiger partial charge on any atom is 0.254 e. The summed E-state index contributed by atoms with van der Waals surface area (Å²) < 4.78 is 2.04. The maximum atomic E-state index is 11.0. The molecule has 1 amide bonds. The predicted molar refractivity (Wildman–Crippen MR) is 76.7 cm³/mol. The summed E-state index contributed by atoms with van der Waals surface area (Å²) >= 11 is 3.44. The number of alkyl halides is 1. The molecule has 1 heterocycles. The van der Waals surface area contributed by atoms with E-state index in [-0.39, 0.29) is 5.91 Å². The molecule has 4 heteroatoms. The molecule has 0 spiro atoms. The normalized spacial score (nSPS) is 10.5. The van der Waals surface area contributed by atoms with E-state index in [9.17, 15) is 4.79 Å². The highest BCUT2D eigenvalue weighted by molar-refractivity contribution is 9.09. The van der Waals surface area contributed by atoms with Crippen molar-refractivity contribution in [3.8, 4) is 0 Å². The van der Waals surface area contributed by atoms with Crippen molar-refractivity contribution in [3.63, 3.8) is 0 Å². The van der Waals surface area contributed by atoms with Gasteiger partial charge in [0.25, 0.3) is 5.91 Å². The van der Waals surface area contributed by atoms with E-state index < -0.39 is 0 Å². The molecule has 18 heavy (non-hydrogen) atoms. The molecule has 2 N–H and O–H groups in total. The van der Waals surface area contributed by atoms with Gasteiger partial charge >= 0.3 is 0 Å². The van der Waals surface area contributed by atoms with E-state index in [0.29, 0.717) is 5.56 Å². The first-order chi connectivity index (χ1) is 8.74. The van der Waals surface area contributed by atoms with Crippen LogP contribution in [0, 0.1) is 0 Å². The van der Waals surface area contributed by atoms with Crippen molar-refractivity contribution in [2.24, 2.45) is 5.73 Å². The highest BCUT2D eigenvalue weighted by Crippen LogP contribution is 2.06. The number of unbranched alkanes of at least 4 members (excludes halogenated alkanes) is 5. The number of primary amides is 1. The van der Waals surface area contributed by atoms with Gasteiger partial charge in [-0.1, -0.05) is 35.2 Å². The van der Waals surface area contributed by atoms with Gasteiger partial charge in [0.2, 0.25) is 0 Å². The molecule has 0 aliphatic carbocycles. The second-order valence-electron chi connectivity index (χ2n) is 4.51. The lowest BCUT2D eigenvalue weighted by Crippen LogP contribution is -2.34. The molecular formula is C14H22BrN2O+. The van der Waals surface area contributed by atoms with Crippen LogP contribution < -0.4 is 10.3 Å². The number of rotatable bonds is 9. The third kappa shape index (κ3) is 6.15. The highest BCUT2D eigenvalue weighted by Gasteiger charge is 2.06. The number of amides is 1. The number of nitrogens with zero attached hydrogens (tertiary/aromatic N) is 1. The molecule has 0 saturated heterocycles. The summed E-state index contributed by atoms with van der Waals surface area (Å²) in [6.07, 6.45) is 11.4. The fourth-order valence-corrected chi connectivity index (χ4v) is 2.30. The number of nitrogens with two attached hydrogens (primary N) is 1. The first-order valence-corrected chi connectivity index (χ1v) is 7.71. The third-order valence-corrected chi connectivity index (χ3v) is 3.50. The minimum Gasteiger partial charge on any atom is -0.365 e. The van der Waals surface area contributed by atoms with E-state index in [0.717, 1.165) is 18.3 Å². The lowest BCUT2D eigenvalue weighted by Gasteiger charge is -2.00. The topological polar surface area (TPSA) is 47.0 Å². The Labute approximate surface area is 118 Å². The van der Waals surface area contributed by atoms with Gasteiger partial charge in [0.05, 0.1) is 0 Å². The van der Waals surface area contributed by atoms with Gasteiger partial charge in [0.15, 0.2) is 12.4 Å². The van der Waals surface area contributed by atoms with Crippen LogP contribution in [0.3, 0.4) is 0 Å². The molecule has 100 valence electrons. The standard InChI is InChI=1S/C14H21BrN2O/c15-9-5-3-1-2-4-6-10-17-11-7-8-13(12-17)14(16)18/h7-8,11-12H,1-6,9-10H2,(H-,16,18)/p+1. The van der Waals surface area contributed by atoms with Crippen molar-refractivity contribution in [1.82, 2.24) is 0 Å². The summed E-state index contributed by atoms with van der Waals surface area (Å²) in [5.41, 5.74) is 5.83. The van der Waals surface area contributed by atoms with Crippen molar-refractivity contribution in [1.29, 1.82) is 0 Å². The Morgan fingerprint density at radius 3 is 2.50 bits per heavy atom. The zero-order chi connectivity index (χ0) is 13.2. The maximum absolute atomic E-state index is 11.0. The Hall–Kier alpha value is -0.900. The average molecular weight is 314 g/mol. The van der Waals surface area contributed by atoms with E-state index in [1.807, 2.05) is 23.0 Å². The van der Waals surface area contributed by atoms with Gasteiger partial charge in [-0.3, -0.25) is 4.79 Å². The first-order valence-electron chi connectivity index (χ1n) is 6.59. The number of hydrogen-bond donors (Lipinski definition) is 1. The molecule has 0 saturated carbocycles. The molecule has 0 fully saturated rings. The average Bonchev–Trinajstić information content (AvgIpc) is 2.38. The Bertz CT molecular complexity index is 369. The van der Waals surface area contributed by atoms with Crippen LogP contribution in [-0.2, 0) is 6.54 Å². The summed E-state index contributed by atoms with van der Waals surface area (Å²) in [5, 5.41) is 1.11. The molecule has 1 aromatic rings. The Morgan fingerprint density at radius 1 is 1.17 bits per heavy atom. The van der Waals surface area contributed by atoms with Crippen LogP contribution in [0.25, 0.3) is 0 Å². The largest absolute Gasteiger partial charge is 0.365 e. The molecule has 0 bridgehead atoms.